The maximum Gasteiger partial charge on any atom is 0.161 e. The lowest BCUT2D eigenvalue weighted by Gasteiger charge is -2.15. The molecule has 0 spiro atoms. The minimum absolute atomic E-state index is 0.254. The van der Waals surface area contributed by atoms with Crippen LogP contribution in [0.25, 0.3) is 0 Å². The van der Waals surface area contributed by atoms with Crippen molar-refractivity contribution in [3.8, 4) is 11.5 Å². The van der Waals surface area contributed by atoms with Gasteiger partial charge in [0.2, 0.25) is 0 Å². The first kappa shape index (κ1) is 19.5. The van der Waals surface area contributed by atoms with Crippen molar-refractivity contribution < 1.29 is 13.9 Å². The maximum atomic E-state index is 13.1. The van der Waals surface area contributed by atoms with Gasteiger partial charge in [-0.1, -0.05) is 37.6 Å². The van der Waals surface area contributed by atoms with Crippen molar-refractivity contribution in [3.05, 3.63) is 58.4 Å². The van der Waals surface area contributed by atoms with Gasteiger partial charge in [0.05, 0.1) is 11.6 Å². The molecule has 0 radical (unpaired) electrons. The minimum Gasteiger partial charge on any atom is -0.490 e. The van der Waals surface area contributed by atoms with Crippen LogP contribution in [0.1, 0.15) is 31.9 Å². The summed E-state index contributed by atoms with van der Waals surface area (Å²) in [6, 6.07) is 10.2. The number of ether oxygens (including phenoxy) is 2. The highest BCUT2D eigenvalue weighted by Crippen LogP contribution is 2.30. The van der Waals surface area contributed by atoms with Crippen LogP contribution in [0.2, 0.25) is 5.02 Å². The number of rotatable bonds is 9. The predicted molar refractivity (Wildman–Crippen MR) is 99.9 cm³/mol. The summed E-state index contributed by atoms with van der Waals surface area (Å²) in [5.41, 5.74) is 1.87. The number of nitrogens with one attached hydrogen (secondary N) is 1. The Morgan fingerprint density at radius 3 is 2.56 bits per heavy atom. The summed E-state index contributed by atoms with van der Waals surface area (Å²) >= 11 is 6.05. The zero-order valence-corrected chi connectivity index (χ0v) is 15.7. The van der Waals surface area contributed by atoms with Gasteiger partial charge < -0.3 is 14.8 Å². The quantitative estimate of drug-likeness (QED) is 0.662. The average Bonchev–Trinajstić information content (AvgIpc) is 2.55. The summed E-state index contributed by atoms with van der Waals surface area (Å²) in [7, 11) is 0. The third-order valence-electron chi connectivity index (χ3n) is 3.59. The fraction of sp³-hybridized carbons (Fsp3) is 0.400. The number of halogens is 2. The molecule has 0 bridgehead atoms. The smallest absolute Gasteiger partial charge is 0.161 e. The number of benzene rings is 2. The zero-order valence-electron chi connectivity index (χ0n) is 14.9. The van der Waals surface area contributed by atoms with E-state index in [4.69, 9.17) is 21.1 Å². The van der Waals surface area contributed by atoms with Crippen LogP contribution in [0.15, 0.2) is 36.4 Å². The van der Waals surface area contributed by atoms with E-state index in [1.807, 2.05) is 25.1 Å². The standard InChI is InChI=1S/C20H25ClFNO2/c1-4-24-20-9-15(12-23-11-14(2)3)5-8-19(20)25-13-16-6-7-17(22)10-18(16)21/h5-10,14,23H,4,11-13H2,1-3H3. The second kappa shape index (κ2) is 9.64. The lowest BCUT2D eigenvalue weighted by molar-refractivity contribution is 0.269. The fourth-order valence-electron chi connectivity index (χ4n) is 2.35. The van der Waals surface area contributed by atoms with E-state index in [1.54, 1.807) is 6.07 Å². The van der Waals surface area contributed by atoms with E-state index in [9.17, 15) is 4.39 Å². The minimum atomic E-state index is -0.359. The maximum absolute atomic E-state index is 13.1. The third-order valence-corrected chi connectivity index (χ3v) is 3.94. The highest BCUT2D eigenvalue weighted by Gasteiger charge is 2.09. The first-order valence-corrected chi connectivity index (χ1v) is 8.90. The van der Waals surface area contributed by atoms with Crippen LogP contribution in [-0.2, 0) is 13.2 Å². The van der Waals surface area contributed by atoms with Gasteiger partial charge >= 0.3 is 0 Å². The molecular formula is C20H25ClFNO2. The van der Waals surface area contributed by atoms with Crippen molar-refractivity contribution in [2.75, 3.05) is 13.2 Å². The fourth-order valence-corrected chi connectivity index (χ4v) is 2.57. The Hall–Kier alpha value is -1.78. The predicted octanol–water partition coefficient (Wildman–Crippen LogP) is 5.20. The first-order valence-electron chi connectivity index (χ1n) is 8.52. The molecule has 1 N–H and O–H groups in total. The van der Waals surface area contributed by atoms with Gasteiger partial charge in [0.15, 0.2) is 11.5 Å². The van der Waals surface area contributed by atoms with E-state index in [1.165, 1.54) is 12.1 Å². The number of hydrogen-bond acceptors (Lipinski definition) is 3. The molecule has 0 fully saturated rings. The molecule has 0 atom stereocenters. The van der Waals surface area contributed by atoms with E-state index in [-0.39, 0.29) is 12.4 Å². The second-order valence-electron chi connectivity index (χ2n) is 6.26. The molecule has 3 nitrogen and oxygen atoms in total. The van der Waals surface area contributed by atoms with Gasteiger partial charge in [0, 0.05) is 12.1 Å². The molecule has 2 rings (SSSR count). The van der Waals surface area contributed by atoms with Gasteiger partial charge in [0.25, 0.3) is 0 Å². The van der Waals surface area contributed by atoms with E-state index < -0.39 is 0 Å². The summed E-state index contributed by atoms with van der Waals surface area (Å²) in [6.45, 7) is 8.84. The topological polar surface area (TPSA) is 30.5 Å². The van der Waals surface area contributed by atoms with E-state index in [2.05, 4.69) is 19.2 Å². The number of hydrogen-bond donors (Lipinski definition) is 1. The Morgan fingerprint density at radius 1 is 1.08 bits per heavy atom. The molecule has 0 saturated carbocycles. The molecule has 0 aliphatic rings. The molecule has 0 heterocycles. The molecule has 0 amide bonds. The van der Waals surface area contributed by atoms with Gasteiger partial charge in [-0.05, 0) is 49.2 Å². The molecule has 0 aromatic heterocycles. The molecule has 136 valence electrons. The van der Waals surface area contributed by atoms with Crippen molar-refractivity contribution in [1.82, 2.24) is 5.32 Å². The lowest BCUT2D eigenvalue weighted by atomic mass is 10.1. The molecule has 2 aromatic carbocycles. The van der Waals surface area contributed by atoms with Crippen LogP contribution in [0.5, 0.6) is 11.5 Å². The van der Waals surface area contributed by atoms with Crippen LogP contribution < -0.4 is 14.8 Å². The van der Waals surface area contributed by atoms with Gasteiger partial charge in [-0.25, -0.2) is 4.39 Å². The van der Waals surface area contributed by atoms with Gasteiger partial charge in [-0.3, -0.25) is 0 Å². The summed E-state index contributed by atoms with van der Waals surface area (Å²) in [6.07, 6.45) is 0. The largest absolute Gasteiger partial charge is 0.490 e. The van der Waals surface area contributed by atoms with Crippen LogP contribution in [0.4, 0.5) is 4.39 Å². The van der Waals surface area contributed by atoms with E-state index in [0.717, 1.165) is 24.2 Å². The van der Waals surface area contributed by atoms with Crippen molar-refractivity contribution in [1.29, 1.82) is 0 Å². The molecule has 2 aromatic rings. The van der Waals surface area contributed by atoms with Crippen molar-refractivity contribution in [3.63, 3.8) is 0 Å². The summed E-state index contributed by atoms with van der Waals surface area (Å²) in [5, 5.41) is 3.77. The summed E-state index contributed by atoms with van der Waals surface area (Å²) in [4.78, 5) is 0. The van der Waals surface area contributed by atoms with Crippen LogP contribution in [0, 0.1) is 11.7 Å². The molecule has 0 aliphatic carbocycles. The molecule has 0 unspecified atom stereocenters. The Bertz CT molecular complexity index is 691. The normalized spacial score (nSPS) is 11.0. The summed E-state index contributed by atoms with van der Waals surface area (Å²) in [5.74, 6) is 1.59. The molecule has 5 heteroatoms. The van der Waals surface area contributed by atoms with Gasteiger partial charge in [-0.2, -0.15) is 0 Å². The van der Waals surface area contributed by atoms with Crippen molar-refractivity contribution in [2.45, 2.75) is 33.9 Å². The van der Waals surface area contributed by atoms with Gasteiger partial charge in [-0.15, -0.1) is 0 Å². The average molecular weight is 366 g/mol. The monoisotopic (exact) mass is 365 g/mol. The van der Waals surface area contributed by atoms with Crippen molar-refractivity contribution >= 4 is 11.6 Å². The molecule has 0 aliphatic heterocycles. The summed E-state index contributed by atoms with van der Waals surface area (Å²) < 4.78 is 24.7. The van der Waals surface area contributed by atoms with Gasteiger partial charge in [0.1, 0.15) is 12.4 Å². The highest BCUT2D eigenvalue weighted by molar-refractivity contribution is 6.31. The Balaban J connectivity index is 2.05. The Morgan fingerprint density at radius 2 is 1.88 bits per heavy atom. The van der Waals surface area contributed by atoms with Crippen LogP contribution in [-0.4, -0.2) is 13.2 Å². The molecule has 25 heavy (non-hydrogen) atoms. The van der Waals surface area contributed by atoms with Crippen molar-refractivity contribution in [2.24, 2.45) is 5.92 Å². The van der Waals surface area contributed by atoms with Crippen LogP contribution in [0.3, 0.4) is 0 Å². The lowest BCUT2D eigenvalue weighted by Crippen LogP contribution is -2.19. The SMILES string of the molecule is CCOc1cc(CNCC(C)C)ccc1OCc1ccc(F)cc1Cl. The second-order valence-corrected chi connectivity index (χ2v) is 6.67. The first-order chi connectivity index (χ1) is 12.0. The van der Waals surface area contributed by atoms with Crippen LogP contribution >= 0.6 is 11.6 Å². The zero-order chi connectivity index (χ0) is 18.2. The highest BCUT2D eigenvalue weighted by atomic mass is 35.5. The van der Waals surface area contributed by atoms with E-state index >= 15 is 0 Å². The third kappa shape index (κ3) is 6.22. The Labute approximate surface area is 154 Å². The Kier molecular flexibility index (Phi) is 7.53. The molecular weight excluding hydrogens is 341 g/mol. The molecule has 0 saturated heterocycles. The van der Waals surface area contributed by atoms with E-state index in [0.29, 0.717) is 29.0 Å².